The van der Waals surface area contributed by atoms with E-state index in [1.807, 2.05) is 17.9 Å². The first-order chi connectivity index (χ1) is 8.60. The van der Waals surface area contributed by atoms with E-state index in [-0.39, 0.29) is 11.9 Å². The first kappa shape index (κ1) is 13.1. The number of hydrogen-bond acceptors (Lipinski definition) is 4. The number of piperidine rings is 1. The molecule has 18 heavy (non-hydrogen) atoms. The van der Waals surface area contributed by atoms with Crippen LogP contribution in [-0.4, -0.2) is 40.8 Å². The molecule has 2 rings (SSSR count). The van der Waals surface area contributed by atoms with Gasteiger partial charge in [0, 0.05) is 19.8 Å². The van der Waals surface area contributed by atoms with Crippen LogP contribution in [0.25, 0.3) is 0 Å². The molecule has 5 heteroatoms. The molecular weight excluding hydrogens is 230 g/mol. The van der Waals surface area contributed by atoms with Gasteiger partial charge in [0.15, 0.2) is 0 Å². The first-order valence-corrected chi connectivity index (χ1v) is 6.39. The van der Waals surface area contributed by atoms with Crippen LogP contribution in [-0.2, 0) is 23.1 Å². The number of carbonyl (C=O) groups is 1. The molecule has 0 saturated carbocycles. The molecule has 0 radical (unpaired) electrons. The van der Waals surface area contributed by atoms with E-state index in [9.17, 15) is 4.79 Å². The second-order valence-corrected chi connectivity index (χ2v) is 5.01. The fraction of sp³-hybridized carbons (Fsp3) is 0.692. The van der Waals surface area contributed by atoms with Crippen LogP contribution in [0.4, 0.5) is 0 Å². The normalized spacial score (nSPS) is 17.9. The molecule has 1 fully saturated rings. The Labute approximate surface area is 108 Å². The van der Waals surface area contributed by atoms with Crippen molar-refractivity contribution in [3.05, 3.63) is 17.5 Å². The molecule has 1 saturated heterocycles. The topological polar surface area (TPSA) is 47.4 Å². The van der Waals surface area contributed by atoms with Crippen LogP contribution in [0, 0.1) is 12.8 Å². The third-order valence-electron chi connectivity index (χ3n) is 3.61. The van der Waals surface area contributed by atoms with Crippen LogP contribution >= 0.6 is 0 Å². The number of likely N-dealkylation sites (tertiary alicyclic amines) is 1. The summed E-state index contributed by atoms with van der Waals surface area (Å²) in [6.45, 7) is 4.84. The van der Waals surface area contributed by atoms with Crippen molar-refractivity contribution in [3.8, 4) is 0 Å². The maximum atomic E-state index is 11.4. The van der Waals surface area contributed by atoms with Gasteiger partial charge in [-0.15, -0.1) is 0 Å². The SMILES string of the molecule is COC(=O)C1CCN(Cc2nn(C)cc2C)CC1. The van der Waals surface area contributed by atoms with E-state index in [2.05, 4.69) is 16.9 Å². The quantitative estimate of drug-likeness (QED) is 0.755. The Morgan fingerprint density at radius 3 is 2.67 bits per heavy atom. The minimum Gasteiger partial charge on any atom is -0.469 e. The first-order valence-electron chi connectivity index (χ1n) is 6.39. The molecule has 0 aromatic carbocycles. The minimum atomic E-state index is -0.0660. The fourth-order valence-corrected chi connectivity index (χ4v) is 2.51. The van der Waals surface area contributed by atoms with E-state index in [1.165, 1.54) is 12.7 Å². The molecule has 1 aliphatic rings. The molecule has 1 aliphatic heterocycles. The Kier molecular flexibility index (Phi) is 4.01. The second-order valence-electron chi connectivity index (χ2n) is 5.01. The lowest BCUT2D eigenvalue weighted by molar-refractivity contribution is -0.147. The van der Waals surface area contributed by atoms with Gasteiger partial charge in [0.1, 0.15) is 0 Å². The third-order valence-corrected chi connectivity index (χ3v) is 3.61. The monoisotopic (exact) mass is 251 g/mol. The van der Waals surface area contributed by atoms with Crippen LogP contribution < -0.4 is 0 Å². The van der Waals surface area contributed by atoms with Gasteiger partial charge in [0.2, 0.25) is 0 Å². The van der Waals surface area contributed by atoms with Crippen molar-refractivity contribution in [2.45, 2.75) is 26.3 Å². The molecular formula is C13H21N3O2. The highest BCUT2D eigenvalue weighted by molar-refractivity contribution is 5.72. The largest absolute Gasteiger partial charge is 0.469 e. The van der Waals surface area contributed by atoms with E-state index < -0.39 is 0 Å². The van der Waals surface area contributed by atoms with Crippen molar-refractivity contribution in [1.29, 1.82) is 0 Å². The van der Waals surface area contributed by atoms with Crippen molar-refractivity contribution in [2.24, 2.45) is 13.0 Å². The van der Waals surface area contributed by atoms with Crippen molar-refractivity contribution >= 4 is 5.97 Å². The van der Waals surface area contributed by atoms with E-state index in [4.69, 9.17) is 4.74 Å². The standard InChI is InChI=1S/C13H21N3O2/c1-10-8-15(2)14-12(10)9-16-6-4-11(5-7-16)13(17)18-3/h8,11H,4-7,9H2,1-3H3. The predicted molar refractivity (Wildman–Crippen MR) is 68.0 cm³/mol. The smallest absolute Gasteiger partial charge is 0.308 e. The van der Waals surface area contributed by atoms with Crippen LogP contribution in [0.1, 0.15) is 24.1 Å². The summed E-state index contributed by atoms with van der Waals surface area (Å²) < 4.78 is 6.65. The second kappa shape index (κ2) is 5.52. The molecule has 0 unspecified atom stereocenters. The summed E-state index contributed by atoms with van der Waals surface area (Å²) in [5.74, 6) is 0.0137. The van der Waals surface area contributed by atoms with Gasteiger partial charge in [0.25, 0.3) is 0 Å². The molecule has 0 N–H and O–H groups in total. The predicted octanol–water partition coefficient (Wildman–Crippen LogP) is 1.11. The van der Waals surface area contributed by atoms with Crippen molar-refractivity contribution in [3.63, 3.8) is 0 Å². The Morgan fingerprint density at radius 1 is 1.50 bits per heavy atom. The van der Waals surface area contributed by atoms with E-state index in [0.717, 1.165) is 38.2 Å². The lowest BCUT2D eigenvalue weighted by atomic mass is 9.97. The molecule has 0 atom stereocenters. The summed E-state index contributed by atoms with van der Waals surface area (Å²) in [6.07, 6.45) is 3.81. The summed E-state index contributed by atoms with van der Waals surface area (Å²) in [7, 11) is 3.41. The number of rotatable bonds is 3. The molecule has 0 aliphatic carbocycles. The average molecular weight is 251 g/mol. The fourth-order valence-electron chi connectivity index (χ4n) is 2.51. The van der Waals surface area contributed by atoms with Gasteiger partial charge >= 0.3 is 5.97 Å². The van der Waals surface area contributed by atoms with Gasteiger partial charge < -0.3 is 4.74 Å². The molecule has 1 aromatic rings. The number of carbonyl (C=O) groups excluding carboxylic acids is 1. The number of aryl methyl sites for hydroxylation is 2. The van der Waals surface area contributed by atoms with Crippen molar-refractivity contribution < 1.29 is 9.53 Å². The number of methoxy groups -OCH3 is 1. The number of nitrogens with zero attached hydrogens (tertiary/aromatic N) is 3. The average Bonchev–Trinajstić information content (AvgIpc) is 2.68. The zero-order chi connectivity index (χ0) is 13.1. The number of ether oxygens (including phenoxy) is 1. The van der Waals surface area contributed by atoms with Gasteiger partial charge in [-0.1, -0.05) is 0 Å². The third kappa shape index (κ3) is 2.90. The molecule has 0 spiro atoms. The number of hydrogen-bond donors (Lipinski definition) is 0. The van der Waals surface area contributed by atoms with Crippen molar-refractivity contribution in [2.75, 3.05) is 20.2 Å². The zero-order valence-corrected chi connectivity index (χ0v) is 11.3. The maximum Gasteiger partial charge on any atom is 0.308 e. The Balaban J connectivity index is 1.87. The van der Waals surface area contributed by atoms with Crippen LogP contribution in [0.5, 0.6) is 0 Å². The summed E-state index contributed by atoms with van der Waals surface area (Å²) in [5, 5.41) is 4.46. The summed E-state index contributed by atoms with van der Waals surface area (Å²) in [5.41, 5.74) is 2.36. The van der Waals surface area contributed by atoms with Gasteiger partial charge in [0.05, 0.1) is 18.7 Å². The van der Waals surface area contributed by atoms with Crippen LogP contribution in [0.3, 0.4) is 0 Å². The van der Waals surface area contributed by atoms with Gasteiger partial charge in [-0.25, -0.2) is 0 Å². The highest BCUT2D eigenvalue weighted by atomic mass is 16.5. The highest BCUT2D eigenvalue weighted by Crippen LogP contribution is 2.20. The molecule has 100 valence electrons. The molecule has 0 amide bonds. The molecule has 0 bridgehead atoms. The van der Waals surface area contributed by atoms with Gasteiger partial charge in [-0.2, -0.15) is 5.10 Å². The van der Waals surface area contributed by atoms with Gasteiger partial charge in [-0.05, 0) is 38.4 Å². The molecule has 2 heterocycles. The Hall–Kier alpha value is -1.36. The van der Waals surface area contributed by atoms with E-state index in [0.29, 0.717) is 0 Å². The van der Waals surface area contributed by atoms with E-state index >= 15 is 0 Å². The number of esters is 1. The maximum absolute atomic E-state index is 11.4. The summed E-state index contributed by atoms with van der Waals surface area (Å²) in [6, 6.07) is 0. The highest BCUT2D eigenvalue weighted by Gasteiger charge is 2.25. The Bertz CT molecular complexity index is 420. The van der Waals surface area contributed by atoms with Crippen LogP contribution in [0.2, 0.25) is 0 Å². The minimum absolute atomic E-state index is 0.0660. The van der Waals surface area contributed by atoms with Crippen molar-refractivity contribution in [1.82, 2.24) is 14.7 Å². The number of aromatic nitrogens is 2. The molecule has 5 nitrogen and oxygen atoms in total. The summed E-state index contributed by atoms with van der Waals surface area (Å²) in [4.78, 5) is 13.8. The lowest BCUT2D eigenvalue weighted by Gasteiger charge is -2.30. The Morgan fingerprint density at radius 2 is 2.17 bits per heavy atom. The lowest BCUT2D eigenvalue weighted by Crippen LogP contribution is -2.36. The zero-order valence-electron chi connectivity index (χ0n) is 11.3. The van der Waals surface area contributed by atoms with E-state index in [1.54, 1.807) is 0 Å². The van der Waals surface area contributed by atoms with Crippen LogP contribution in [0.15, 0.2) is 6.20 Å². The van der Waals surface area contributed by atoms with Gasteiger partial charge in [-0.3, -0.25) is 14.4 Å². The molecule has 1 aromatic heterocycles. The summed E-state index contributed by atoms with van der Waals surface area (Å²) >= 11 is 0.